The van der Waals surface area contributed by atoms with Crippen LogP contribution < -0.4 is 10.1 Å². The predicted molar refractivity (Wildman–Crippen MR) is 119 cm³/mol. The van der Waals surface area contributed by atoms with Crippen LogP contribution in [0, 0.1) is 0 Å². The molecule has 1 N–H and O–H groups in total. The second kappa shape index (κ2) is 9.50. The number of carbonyl (C=O) groups is 2. The van der Waals surface area contributed by atoms with Crippen molar-refractivity contribution in [1.82, 2.24) is 4.98 Å². The Balaban J connectivity index is 1.44. The molecule has 0 bridgehead atoms. The molecule has 0 aliphatic heterocycles. The Morgan fingerprint density at radius 1 is 0.774 bits per heavy atom. The summed E-state index contributed by atoms with van der Waals surface area (Å²) in [4.78, 5) is 29.4. The SMILES string of the molecule is O=C(Nc1cccc(C(=O)c2ccccc2)c1)c1cccc(OCc2cccnc2)c1. The number of benzene rings is 3. The molecule has 0 unspecified atom stereocenters. The lowest BCUT2D eigenvalue weighted by Crippen LogP contribution is -2.12. The van der Waals surface area contributed by atoms with Gasteiger partial charge in [-0.05, 0) is 36.4 Å². The van der Waals surface area contributed by atoms with Gasteiger partial charge in [0.05, 0.1) is 0 Å². The van der Waals surface area contributed by atoms with Gasteiger partial charge >= 0.3 is 0 Å². The molecule has 0 saturated heterocycles. The number of amides is 1. The van der Waals surface area contributed by atoms with Crippen molar-refractivity contribution in [3.05, 3.63) is 126 Å². The minimum absolute atomic E-state index is 0.0949. The normalized spacial score (nSPS) is 10.3. The van der Waals surface area contributed by atoms with Crippen molar-refractivity contribution in [3.63, 3.8) is 0 Å². The highest BCUT2D eigenvalue weighted by Crippen LogP contribution is 2.19. The minimum atomic E-state index is -0.281. The highest BCUT2D eigenvalue weighted by Gasteiger charge is 2.11. The van der Waals surface area contributed by atoms with Crippen molar-refractivity contribution in [2.75, 3.05) is 5.32 Å². The van der Waals surface area contributed by atoms with Gasteiger partial charge in [-0.3, -0.25) is 14.6 Å². The summed E-state index contributed by atoms with van der Waals surface area (Å²) in [5.74, 6) is 0.211. The van der Waals surface area contributed by atoms with Crippen LogP contribution in [0.15, 0.2) is 103 Å². The number of carbonyl (C=O) groups excluding carboxylic acids is 2. The lowest BCUT2D eigenvalue weighted by molar-refractivity contribution is 0.102. The molecule has 1 amide bonds. The minimum Gasteiger partial charge on any atom is -0.489 e. The number of nitrogens with zero attached hydrogens (tertiary/aromatic N) is 1. The summed E-state index contributed by atoms with van der Waals surface area (Å²) in [6.07, 6.45) is 3.44. The van der Waals surface area contributed by atoms with E-state index >= 15 is 0 Å². The highest BCUT2D eigenvalue weighted by molar-refractivity contribution is 6.10. The fraction of sp³-hybridized carbons (Fsp3) is 0.0385. The number of nitrogens with one attached hydrogen (secondary N) is 1. The number of aromatic nitrogens is 1. The summed E-state index contributed by atoms with van der Waals surface area (Å²) in [5.41, 5.74) is 3.07. The van der Waals surface area contributed by atoms with E-state index in [-0.39, 0.29) is 11.7 Å². The third-order valence-corrected chi connectivity index (χ3v) is 4.64. The molecule has 0 saturated carbocycles. The van der Waals surface area contributed by atoms with Crippen LogP contribution in [0.1, 0.15) is 31.8 Å². The fourth-order valence-corrected chi connectivity index (χ4v) is 3.07. The van der Waals surface area contributed by atoms with E-state index in [0.29, 0.717) is 34.7 Å². The first kappa shape index (κ1) is 20.0. The maximum Gasteiger partial charge on any atom is 0.255 e. The van der Waals surface area contributed by atoms with E-state index in [1.807, 2.05) is 30.3 Å². The summed E-state index contributed by atoms with van der Waals surface area (Å²) < 4.78 is 5.77. The molecule has 152 valence electrons. The Bertz CT molecular complexity index is 1190. The first-order valence-corrected chi connectivity index (χ1v) is 9.82. The molecule has 0 aliphatic rings. The summed E-state index contributed by atoms with van der Waals surface area (Å²) in [6, 6.07) is 26.7. The van der Waals surface area contributed by atoms with Crippen LogP contribution >= 0.6 is 0 Å². The first-order valence-electron chi connectivity index (χ1n) is 9.82. The monoisotopic (exact) mass is 408 g/mol. The van der Waals surface area contributed by atoms with Gasteiger partial charge in [-0.15, -0.1) is 0 Å². The van der Waals surface area contributed by atoms with Gasteiger partial charge in [-0.25, -0.2) is 0 Å². The maximum absolute atomic E-state index is 12.7. The van der Waals surface area contributed by atoms with E-state index in [9.17, 15) is 9.59 Å². The summed E-state index contributed by atoms with van der Waals surface area (Å²) in [6.45, 7) is 0.364. The van der Waals surface area contributed by atoms with E-state index < -0.39 is 0 Å². The van der Waals surface area contributed by atoms with Crippen LogP contribution in [-0.4, -0.2) is 16.7 Å². The molecule has 0 fully saturated rings. The number of hydrogen-bond donors (Lipinski definition) is 1. The molecule has 5 nitrogen and oxygen atoms in total. The Hall–Kier alpha value is -4.25. The molecule has 1 heterocycles. The fourth-order valence-electron chi connectivity index (χ4n) is 3.07. The quantitative estimate of drug-likeness (QED) is 0.430. The molecule has 1 aromatic heterocycles. The van der Waals surface area contributed by atoms with Gasteiger partial charge < -0.3 is 10.1 Å². The zero-order chi connectivity index (χ0) is 21.5. The van der Waals surface area contributed by atoms with E-state index in [4.69, 9.17) is 4.74 Å². The van der Waals surface area contributed by atoms with Gasteiger partial charge in [-0.1, -0.05) is 54.6 Å². The molecular weight excluding hydrogens is 388 g/mol. The number of ketones is 1. The Kier molecular flexibility index (Phi) is 6.14. The van der Waals surface area contributed by atoms with Crippen molar-refractivity contribution in [1.29, 1.82) is 0 Å². The van der Waals surface area contributed by atoms with Gasteiger partial charge in [0.15, 0.2) is 5.78 Å². The number of ether oxygens (including phenoxy) is 1. The van der Waals surface area contributed by atoms with Crippen molar-refractivity contribution < 1.29 is 14.3 Å². The third-order valence-electron chi connectivity index (χ3n) is 4.64. The molecule has 0 spiro atoms. The molecule has 4 aromatic rings. The second-order valence-corrected chi connectivity index (χ2v) is 6.91. The number of anilines is 1. The molecule has 0 aliphatic carbocycles. The average molecular weight is 408 g/mol. The van der Waals surface area contributed by atoms with Crippen molar-refractivity contribution in [2.45, 2.75) is 6.61 Å². The summed E-state index contributed by atoms with van der Waals surface area (Å²) >= 11 is 0. The van der Waals surface area contributed by atoms with Crippen LogP contribution in [0.5, 0.6) is 5.75 Å². The van der Waals surface area contributed by atoms with Crippen molar-refractivity contribution in [2.24, 2.45) is 0 Å². The summed E-state index contributed by atoms with van der Waals surface area (Å²) in [7, 11) is 0. The average Bonchev–Trinajstić information content (AvgIpc) is 2.84. The number of hydrogen-bond acceptors (Lipinski definition) is 4. The molecule has 4 rings (SSSR count). The van der Waals surface area contributed by atoms with Crippen LogP contribution in [-0.2, 0) is 6.61 Å². The van der Waals surface area contributed by atoms with Crippen LogP contribution in [0.2, 0.25) is 0 Å². The van der Waals surface area contributed by atoms with E-state index in [1.54, 1.807) is 73.1 Å². The molecule has 3 aromatic carbocycles. The van der Waals surface area contributed by atoms with Crippen LogP contribution in [0.25, 0.3) is 0 Å². The smallest absolute Gasteiger partial charge is 0.255 e. The number of pyridine rings is 1. The molecule has 5 heteroatoms. The Morgan fingerprint density at radius 2 is 1.55 bits per heavy atom. The lowest BCUT2D eigenvalue weighted by Gasteiger charge is -2.10. The standard InChI is InChI=1S/C26H20N2O3/c29-25(20-8-2-1-3-9-20)21-10-4-12-23(15-21)28-26(30)22-11-5-13-24(16-22)31-18-19-7-6-14-27-17-19/h1-17H,18H2,(H,28,30). The molecular formula is C26H20N2O3. The van der Waals surface area contributed by atoms with Gasteiger partial charge in [0, 0.05) is 40.3 Å². The summed E-state index contributed by atoms with van der Waals surface area (Å²) in [5, 5.41) is 2.85. The Labute approximate surface area is 180 Å². The highest BCUT2D eigenvalue weighted by atomic mass is 16.5. The zero-order valence-electron chi connectivity index (χ0n) is 16.7. The molecule has 0 radical (unpaired) electrons. The maximum atomic E-state index is 12.7. The lowest BCUT2D eigenvalue weighted by atomic mass is 10.0. The van der Waals surface area contributed by atoms with Gasteiger partial charge in [0.2, 0.25) is 0 Å². The van der Waals surface area contributed by atoms with Gasteiger partial charge in [0.1, 0.15) is 12.4 Å². The Morgan fingerprint density at radius 3 is 2.35 bits per heavy atom. The van der Waals surface area contributed by atoms with Crippen molar-refractivity contribution in [3.8, 4) is 5.75 Å². The second-order valence-electron chi connectivity index (χ2n) is 6.91. The first-order chi connectivity index (χ1) is 15.2. The number of rotatable bonds is 7. The van der Waals surface area contributed by atoms with Crippen LogP contribution in [0.3, 0.4) is 0 Å². The van der Waals surface area contributed by atoms with E-state index in [1.165, 1.54) is 0 Å². The topological polar surface area (TPSA) is 68.3 Å². The van der Waals surface area contributed by atoms with Crippen LogP contribution in [0.4, 0.5) is 5.69 Å². The molecule has 0 atom stereocenters. The third kappa shape index (κ3) is 5.22. The van der Waals surface area contributed by atoms with E-state index in [2.05, 4.69) is 10.3 Å². The van der Waals surface area contributed by atoms with Crippen molar-refractivity contribution >= 4 is 17.4 Å². The zero-order valence-corrected chi connectivity index (χ0v) is 16.7. The van der Waals surface area contributed by atoms with E-state index in [0.717, 1.165) is 5.56 Å². The van der Waals surface area contributed by atoms with Gasteiger partial charge in [0.25, 0.3) is 5.91 Å². The largest absolute Gasteiger partial charge is 0.489 e. The molecule has 31 heavy (non-hydrogen) atoms. The van der Waals surface area contributed by atoms with Gasteiger partial charge in [-0.2, -0.15) is 0 Å². The predicted octanol–water partition coefficient (Wildman–Crippen LogP) is 5.14.